The molecule has 0 radical (unpaired) electrons. The van der Waals surface area contributed by atoms with Crippen LogP contribution in [-0.4, -0.2) is 55.7 Å². The van der Waals surface area contributed by atoms with Gasteiger partial charge in [-0.2, -0.15) is 0 Å². The number of hydrogen-bond acceptors (Lipinski definition) is 4. The van der Waals surface area contributed by atoms with Gasteiger partial charge in [-0.1, -0.05) is 23.2 Å². The molecule has 1 aromatic heterocycles. The number of hydrogen-bond donors (Lipinski definition) is 0. The number of nitrogens with zero attached hydrogens (tertiary/aromatic N) is 4. The van der Waals surface area contributed by atoms with Crippen LogP contribution in [0.3, 0.4) is 0 Å². The molecule has 3 heterocycles. The number of aliphatic imine (C=N–C) groups is 1. The SMILES string of the molecule is CN=C(OC1CN2CCC1C2)N(C)c1ccc(Cl)c(Cl)n1. The molecular weight excluding hydrogens is 311 g/mol. The monoisotopic (exact) mass is 328 g/mol. The van der Waals surface area contributed by atoms with Crippen LogP contribution in [0.15, 0.2) is 17.1 Å². The van der Waals surface area contributed by atoms with Crippen molar-refractivity contribution in [2.75, 3.05) is 38.6 Å². The molecule has 0 aromatic carbocycles. The molecule has 2 saturated heterocycles. The van der Waals surface area contributed by atoms with E-state index in [4.69, 9.17) is 27.9 Å². The summed E-state index contributed by atoms with van der Waals surface area (Å²) in [7, 11) is 3.58. The van der Waals surface area contributed by atoms with Crippen molar-refractivity contribution in [1.29, 1.82) is 0 Å². The summed E-state index contributed by atoms with van der Waals surface area (Å²) in [5.74, 6) is 1.27. The van der Waals surface area contributed by atoms with Crippen LogP contribution < -0.4 is 4.90 Å². The number of rotatable bonds is 2. The van der Waals surface area contributed by atoms with E-state index in [2.05, 4.69) is 14.9 Å². The van der Waals surface area contributed by atoms with E-state index in [9.17, 15) is 0 Å². The topological polar surface area (TPSA) is 41.0 Å². The first-order valence-corrected chi connectivity index (χ1v) is 7.75. The van der Waals surface area contributed by atoms with Crippen molar-refractivity contribution >= 4 is 35.0 Å². The second-order valence-corrected chi connectivity index (χ2v) is 6.24. The van der Waals surface area contributed by atoms with Crippen molar-refractivity contribution < 1.29 is 4.74 Å². The zero-order valence-corrected chi connectivity index (χ0v) is 13.6. The van der Waals surface area contributed by atoms with E-state index in [0.717, 1.165) is 13.1 Å². The normalized spacial score (nSPS) is 28.0. The maximum absolute atomic E-state index is 6.10. The van der Waals surface area contributed by atoms with Gasteiger partial charge in [0.15, 0.2) is 0 Å². The Morgan fingerprint density at radius 3 is 2.81 bits per heavy atom. The van der Waals surface area contributed by atoms with Gasteiger partial charge in [-0.15, -0.1) is 0 Å². The summed E-state index contributed by atoms with van der Waals surface area (Å²) in [4.78, 5) is 12.7. The van der Waals surface area contributed by atoms with Gasteiger partial charge in [0, 0.05) is 33.1 Å². The lowest BCUT2D eigenvalue weighted by molar-refractivity contribution is 0.127. The molecule has 3 atom stereocenters. The Bertz CT molecular complexity index is 566. The number of amidine groups is 1. The van der Waals surface area contributed by atoms with Gasteiger partial charge in [-0.25, -0.2) is 9.98 Å². The van der Waals surface area contributed by atoms with Gasteiger partial charge < -0.3 is 4.74 Å². The molecule has 3 rings (SSSR count). The van der Waals surface area contributed by atoms with Crippen molar-refractivity contribution in [3.63, 3.8) is 0 Å². The Morgan fingerprint density at radius 2 is 2.24 bits per heavy atom. The molecule has 0 saturated carbocycles. The van der Waals surface area contributed by atoms with Gasteiger partial charge in [0.25, 0.3) is 6.02 Å². The van der Waals surface area contributed by atoms with Gasteiger partial charge in [0.2, 0.25) is 0 Å². The Morgan fingerprint density at radius 1 is 1.43 bits per heavy atom. The van der Waals surface area contributed by atoms with Crippen LogP contribution in [0.4, 0.5) is 5.82 Å². The number of ether oxygens (including phenoxy) is 1. The predicted molar refractivity (Wildman–Crippen MR) is 85.4 cm³/mol. The van der Waals surface area contributed by atoms with Gasteiger partial charge >= 0.3 is 0 Å². The van der Waals surface area contributed by atoms with Crippen molar-refractivity contribution in [3.8, 4) is 0 Å². The number of anilines is 1. The van der Waals surface area contributed by atoms with Crippen molar-refractivity contribution in [2.45, 2.75) is 12.5 Å². The Hall–Kier alpha value is -1.04. The summed E-state index contributed by atoms with van der Waals surface area (Å²) in [6.07, 6.45) is 1.42. The third-order valence-corrected chi connectivity index (χ3v) is 4.83. The summed E-state index contributed by atoms with van der Waals surface area (Å²) < 4.78 is 6.10. The first-order chi connectivity index (χ1) is 10.1. The van der Waals surface area contributed by atoms with Crippen LogP contribution in [0.2, 0.25) is 10.2 Å². The fourth-order valence-electron chi connectivity index (χ4n) is 2.98. The Kier molecular flexibility index (Phi) is 4.24. The molecule has 0 N–H and O–H groups in total. The maximum Gasteiger partial charge on any atom is 0.292 e. The number of piperidine rings is 1. The summed E-state index contributed by atoms with van der Waals surface area (Å²) in [6, 6.07) is 4.08. The van der Waals surface area contributed by atoms with E-state index in [-0.39, 0.29) is 11.3 Å². The first-order valence-electron chi connectivity index (χ1n) is 7.00. The molecule has 0 amide bonds. The smallest absolute Gasteiger partial charge is 0.292 e. The van der Waals surface area contributed by atoms with Crippen molar-refractivity contribution in [1.82, 2.24) is 9.88 Å². The number of pyridine rings is 1. The molecule has 3 unspecified atom stereocenters. The summed E-state index contributed by atoms with van der Waals surface area (Å²) in [5, 5.41) is 0.716. The maximum atomic E-state index is 6.10. The van der Waals surface area contributed by atoms with Crippen LogP contribution in [0, 0.1) is 5.92 Å². The minimum absolute atomic E-state index is 0.211. The molecule has 5 nitrogen and oxygen atoms in total. The van der Waals surface area contributed by atoms with Gasteiger partial charge in [-0.05, 0) is 25.1 Å². The summed E-state index contributed by atoms with van der Waals surface area (Å²) in [5.41, 5.74) is 0. The fourth-order valence-corrected chi connectivity index (χ4v) is 3.23. The van der Waals surface area contributed by atoms with E-state index in [1.165, 1.54) is 13.0 Å². The molecule has 2 aliphatic heterocycles. The molecule has 21 heavy (non-hydrogen) atoms. The first kappa shape index (κ1) is 14.9. The van der Waals surface area contributed by atoms with Crippen LogP contribution >= 0.6 is 23.2 Å². The van der Waals surface area contributed by atoms with Gasteiger partial charge in [-0.3, -0.25) is 9.80 Å². The van der Waals surface area contributed by atoms with E-state index < -0.39 is 0 Å². The standard InChI is InChI=1S/C14H18Cl2N4O/c1-17-14(21-11-8-20-6-5-9(11)7-20)19(2)12-4-3-10(15)13(16)18-12/h3-4,9,11H,5-8H2,1-2H3. The minimum atomic E-state index is 0.211. The number of aromatic nitrogens is 1. The van der Waals surface area contributed by atoms with E-state index >= 15 is 0 Å². The van der Waals surface area contributed by atoms with E-state index in [1.54, 1.807) is 24.1 Å². The molecule has 0 aliphatic carbocycles. The lowest BCUT2D eigenvalue weighted by Gasteiger charge is -2.27. The highest BCUT2D eigenvalue weighted by atomic mass is 35.5. The van der Waals surface area contributed by atoms with Gasteiger partial charge in [0.1, 0.15) is 17.1 Å². The molecule has 0 spiro atoms. The largest absolute Gasteiger partial charge is 0.460 e. The molecule has 1 aromatic rings. The van der Waals surface area contributed by atoms with Crippen LogP contribution in [0.25, 0.3) is 0 Å². The summed E-state index contributed by atoms with van der Waals surface area (Å²) >= 11 is 11.9. The van der Waals surface area contributed by atoms with E-state index in [1.807, 2.05) is 7.05 Å². The number of halogens is 2. The average Bonchev–Trinajstić information content (AvgIpc) is 3.09. The van der Waals surface area contributed by atoms with Crippen molar-refractivity contribution in [3.05, 3.63) is 22.3 Å². The molecule has 114 valence electrons. The second kappa shape index (κ2) is 5.99. The third kappa shape index (κ3) is 2.96. The minimum Gasteiger partial charge on any atom is -0.460 e. The zero-order chi connectivity index (χ0) is 15.0. The van der Waals surface area contributed by atoms with Crippen LogP contribution in [0.1, 0.15) is 6.42 Å². The lowest BCUT2D eigenvalue weighted by Crippen LogP contribution is -2.38. The van der Waals surface area contributed by atoms with Crippen LogP contribution in [0.5, 0.6) is 0 Å². The second-order valence-electron chi connectivity index (χ2n) is 5.47. The summed E-state index contributed by atoms with van der Waals surface area (Å²) in [6.45, 7) is 3.30. The predicted octanol–water partition coefficient (Wildman–Crippen LogP) is 2.53. The van der Waals surface area contributed by atoms with Gasteiger partial charge in [0.05, 0.1) is 5.02 Å². The zero-order valence-electron chi connectivity index (χ0n) is 12.1. The van der Waals surface area contributed by atoms with Crippen LogP contribution in [-0.2, 0) is 4.74 Å². The Labute approximate surface area is 134 Å². The lowest BCUT2D eigenvalue weighted by atomic mass is 10.0. The van der Waals surface area contributed by atoms with E-state index in [0.29, 0.717) is 22.8 Å². The molecular formula is C14H18Cl2N4O. The molecule has 2 bridgehead atoms. The third-order valence-electron chi connectivity index (χ3n) is 4.14. The highest BCUT2D eigenvalue weighted by Gasteiger charge is 2.40. The highest BCUT2D eigenvalue weighted by molar-refractivity contribution is 6.41. The molecule has 7 heteroatoms. The average molecular weight is 329 g/mol. The van der Waals surface area contributed by atoms with Crippen molar-refractivity contribution in [2.24, 2.45) is 10.9 Å². The molecule has 2 aliphatic rings. The highest BCUT2D eigenvalue weighted by Crippen LogP contribution is 2.30. The number of fused-ring (bicyclic) bond motifs is 2. The fraction of sp³-hybridized carbons (Fsp3) is 0.571. The quantitative estimate of drug-likeness (QED) is 0.475. The molecule has 2 fully saturated rings. The Balaban J connectivity index is 1.72.